The molecule has 30 heavy (non-hydrogen) atoms. The molecule has 0 aliphatic carbocycles. The van der Waals surface area contributed by atoms with Gasteiger partial charge in [-0.1, -0.05) is 12.1 Å². The molecule has 2 aromatic carbocycles. The number of hydrogen-bond donors (Lipinski definition) is 2. The van der Waals surface area contributed by atoms with E-state index in [1.165, 1.54) is 32.4 Å². The molecule has 0 bridgehead atoms. The Morgan fingerprint density at radius 1 is 1.33 bits per heavy atom. The summed E-state index contributed by atoms with van der Waals surface area (Å²) in [5.74, 6) is 0.678. The Hall–Kier alpha value is -3.75. The number of rotatable bonds is 7. The van der Waals surface area contributed by atoms with Crippen LogP contribution in [0.15, 0.2) is 35.4 Å². The van der Waals surface area contributed by atoms with Crippen molar-refractivity contribution in [1.82, 2.24) is 10.3 Å². The number of phenols is 1. The largest absolute Gasteiger partial charge is 0.507 e. The average Bonchev–Trinajstić information content (AvgIpc) is 3.19. The number of amides is 2. The highest BCUT2D eigenvalue weighted by Crippen LogP contribution is 2.44. The van der Waals surface area contributed by atoms with Gasteiger partial charge in [0, 0.05) is 26.1 Å². The number of nitrogens with one attached hydrogen (secondary N) is 1. The Kier molecular flexibility index (Phi) is 6.41. The molecule has 1 aliphatic heterocycles. The normalized spacial score (nSPS) is 12.1. The second-order valence-corrected chi connectivity index (χ2v) is 6.62. The predicted octanol–water partition coefficient (Wildman–Crippen LogP) is 1.91. The average molecular weight is 413 g/mol. The fraction of sp³-hybridized carbons (Fsp3) is 0.286. The first-order valence-corrected chi connectivity index (χ1v) is 9.25. The van der Waals surface area contributed by atoms with Crippen molar-refractivity contribution in [2.24, 2.45) is 5.10 Å². The molecular formula is C21H23N3O6. The third kappa shape index (κ3) is 4.45. The van der Waals surface area contributed by atoms with Crippen molar-refractivity contribution < 1.29 is 28.9 Å². The molecule has 2 aromatic rings. The van der Waals surface area contributed by atoms with E-state index in [1.54, 1.807) is 24.1 Å². The van der Waals surface area contributed by atoms with Crippen LogP contribution in [0.25, 0.3) is 0 Å². The zero-order valence-corrected chi connectivity index (χ0v) is 17.0. The van der Waals surface area contributed by atoms with Crippen LogP contribution in [-0.4, -0.2) is 55.5 Å². The van der Waals surface area contributed by atoms with E-state index in [1.807, 2.05) is 6.07 Å². The zero-order chi connectivity index (χ0) is 21.7. The summed E-state index contributed by atoms with van der Waals surface area (Å²) < 4.78 is 16.5. The number of hydrogen-bond acceptors (Lipinski definition) is 7. The van der Waals surface area contributed by atoms with Crippen molar-refractivity contribution in [3.8, 4) is 23.0 Å². The summed E-state index contributed by atoms with van der Waals surface area (Å²) in [6.07, 6.45) is 1.96. The number of methoxy groups -OCH3 is 1. The first-order chi connectivity index (χ1) is 14.4. The fourth-order valence-corrected chi connectivity index (χ4v) is 2.96. The molecule has 2 amide bonds. The summed E-state index contributed by atoms with van der Waals surface area (Å²) in [6.45, 7) is 2.05. The number of carbonyl (C=O) groups is 2. The van der Waals surface area contributed by atoms with Gasteiger partial charge in [0.25, 0.3) is 5.91 Å². The summed E-state index contributed by atoms with van der Waals surface area (Å²) in [5.41, 5.74) is 3.91. The molecule has 0 saturated heterocycles. The van der Waals surface area contributed by atoms with Crippen LogP contribution in [0, 0.1) is 0 Å². The summed E-state index contributed by atoms with van der Waals surface area (Å²) >= 11 is 0. The third-order valence-electron chi connectivity index (χ3n) is 4.71. The quantitative estimate of drug-likeness (QED) is 0.530. The van der Waals surface area contributed by atoms with Crippen molar-refractivity contribution in [2.75, 3.05) is 27.5 Å². The van der Waals surface area contributed by atoms with Crippen LogP contribution < -0.4 is 19.6 Å². The van der Waals surface area contributed by atoms with Crippen LogP contribution in [0.3, 0.4) is 0 Å². The Morgan fingerprint density at radius 2 is 2.10 bits per heavy atom. The van der Waals surface area contributed by atoms with Gasteiger partial charge in [-0.25, -0.2) is 5.43 Å². The Bertz CT molecular complexity index is 989. The Morgan fingerprint density at radius 3 is 2.80 bits per heavy atom. The standard InChI is InChI=1S/C21H23N3O6/c1-13(25)24(2)9-8-14-10-18-20(30-12-29-18)19(28-3)16(14)11-22-23-21(27)15-6-4-5-7-17(15)26/h4-7,10-11,26H,8-9,12H2,1-3H3,(H,23,27)/b22-11-. The highest BCUT2D eigenvalue weighted by molar-refractivity contribution is 5.97. The zero-order valence-electron chi connectivity index (χ0n) is 17.0. The molecule has 0 spiro atoms. The van der Waals surface area contributed by atoms with Gasteiger partial charge in [-0.2, -0.15) is 5.10 Å². The topological polar surface area (TPSA) is 110 Å². The fourth-order valence-electron chi connectivity index (χ4n) is 2.96. The molecule has 0 radical (unpaired) electrons. The van der Waals surface area contributed by atoms with E-state index in [0.717, 1.165) is 5.56 Å². The molecule has 2 N–H and O–H groups in total. The van der Waals surface area contributed by atoms with E-state index in [0.29, 0.717) is 35.8 Å². The molecular weight excluding hydrogens is 390 g/mol. The first kappa shape index (κ1) is 21.0. The van der Waals surface area contributed by atoms with Gasteiger partial charge >= 0.3 is 0 Å². The van der Waals surface area contributed by atoms with Crippen molar-refractivity contribution in [2.45, 2.75) is 13.3 Å². The van der Waals surface area contributed by atoms with Gasteiger partial charge in [0.2, 0.25) is 18.4 Å². The number of hydrazone groups is 1. The SMILES string of the molecule is COc1c(/C=N\NC(=O)c2ccccc2O)c(CCN(C)C(C)=O)cc2c1OCO2. The van der Waals surface area contributed by atoms with E-state index in [-0.39, 0.29) is 24.0 Å². The van der Waals surface area contributed by atoms with Gasteiger partial charge < -0.3 is 24.2 Å². The lowest BCUT2D eigenvalue weighted by Crippen LogP contribution is -2.26. The third-order valence-corrected chi connectivity index (χ3v) is 4.71. The minimum absolute atomic E-state index is 0.0483. The smallest absolute Gasteiger partial charge is 0.275 e. The number of para-hydroxylation sites is 1. The van der Waals surface area contributed by atoms with E-state index in [2.05, 4.69) is 10.5 Å². The molecule has 9 heteroatoms. The molecule has 3 rings (SSSR count). The number of likely N-dealkylation sites (N-methyl/N-ethyl adjacent to an activating group) is 1. The van der Waals surface area contributed by atoms with Gasteiger partial charge in [0.1, 0.15) is 5.75 Å². The number of ether oxygens (including phenoxy) is 3. The van der Waals surface area contributed by atoms with Crippen LogP contribution in [0.5, 0.6) is 23.0 Å². The predicted molar refractivity (Wildman–Crippen MR) is 109 cm³/mol. The van der Waals surface area contributed by atoms with Crippen LogP contribution in [0.2, 0.25) is 0 Å². The molecule has 158 valence electrons. The summed E-state index contributed by atoms with van der Waals surface area (Å²) in [4.78, 5) is 25.4. The minimum atomic E-state index is -0.554. The molecule has 0 aromatic heterocycles. The van der Waals surface area contributed by atoms with Crippen molar-refractivity contribution in [3.05, 3.63) is 47.0 Å². The molecule has 9 nitrogen and oxygen atoms in total. The molecule has 0 fully saturated rings. The van der Waals surface area contributed by atoms with E-state index < -0.39 is 5.91 Å². The van der Waals surface area contributed by atoms with Gasteiger partial charge in [-0.05, 0) is 30.2 Å². The van der Waals surface area contributed by atoms with E-state index in [9.17, 15) is 14.7 Å². The molecule has 1 heterocycles. The maximum Gasteiger partial charge on any atom is 0.275 e. The van der Waals surface area contributed by atoms with E-state index >= 15 is 0 Å². The summed E-state index contributed by atoms with van der Waals surface area (Å²) in [7, 11) is 3.22. The second-order valence-electron chi connectivity index (χ2n) is 6.62. The summed E-state index contributed by atoms with van der Waals surface area (Å²) in [6, 6.07) is 7.98. The van der Waals surface area contributed by atoms with Crippen molar-refractivity contribution in [1.29, 1.82) is 0 Å². The van der Waals surface area contributed by atoms with Crippen molar-refractivity contribution in [3.63, 3.8) is 0 Å². The monoisotopic (exact) mass is 413 g/mol. The number of fused-ring (bicyclic) bond motifs is 1. The van der Waals surface area contributed by atoms with Gasteiger partial charge in [0.05, 0.1) is 18.9 Å². The lowest BCUT2D eigenvalue weighted by molar-refractivity contribution is -0.127. The number of carbonyl (C=O) groups excluding carboxylic acids is 2. The number of nitrogens with zero attached hydrogens (tertiary/aromatic N) is 2. The lowest BCUT2D eigenvalue weighted by Gasteiger charge is -2.17. The molecule has 0 atom stereocenters. The van der Waals surface area contributed by atoms with Crippen LogP contribution in [0.1, 0.15) is 28.4 Å². The Labute approximate surface area is 173 Å². The van der Waals surface area contributed by atoms with Gasteiger partial charge in [0.15, 0.2) is 11.5 Å². The Balaban J connectivity index is 1.87. The van der Waals surface area contributed by atoms with Crippen LogP contribution in [-0.2, 0) is 11.2 Å². The van der Waals surface area contributed by atoms with E-state index in [4.69, 9.17) is 14.2 Å². The first-order valence-electron chi connectivity index (χ1n) is 9.25. The summed E-state index contributed by atoms with van der Waals surface area (Å²) in [5, 5.41) is 13.8. The maximum atomic E-state index is 12.3. The van der Waals surface area contributed by atoms with Crippen molar-refractivity contribution >= 4 is 18.0 Å². The second kappa shape index (κ2) is 9.17. The molecule has 0 saturated carbocycles. The van der Waals surface area contributed by atoms with Crippen LogP contribution >= 0.6 is 0 Å². The molecule has 1 aliphatic rings. The lowest BCUT2D eigenvalue weighted by atomic mass is 10.0. The highest BCUT2D eigenvalue weighted by Gasteiger charge is 2.25. The maximum absolute atomic E-state index is 12.3. The van der Waals surface area contributed by atoms with Gasteiger partial charge in [-0.15, -0.1) is 0 Å². The molecule has 0 unspecified atom stereocenters. The number of phenolic OH excluding ortho intramolecular Hbond substituents is 1. The number of aromatic hydroxyl groups is 1. The highest BCUT2D eigenvalue weighted by atomic mass is 16.7. The minimum Gasteiger partial charge on any atom is -0.507 e. The number of benzene rings is 2. The van der Waals surface area contributed by atoms with Gasteiger partial charge in [-0.3, -0.25) is 9.59 Å². The van der Waals surface area contributed by atoms with Crippen LogP contribution in [0.4, 0.5) is 0 Å².